The smallest absolute Gasteiger partial charge is 0.396 e. The molecule has 0 spiro atoms. The monoisotopic (exact) mass is 231 g/mol. The molecule has 0 aromatic carbocycles. The summed E-state index contributed by atoms with van der Waals surface area (Å²) in [5, 5.41) is 10.7. The molecule has 0 aromatic heterocycles. The number of thioether (sulfide) groups is 1. The van der Waals surface area contributed by atoms with Crippen LogP contribution in [0.1, 0.15) is 6.42 Å². The van der Waals surface area contributed by atoms with Gasteiger partial charge in [0.25, 0.3) is 0 Å². The Morgan fingerprint density at radius 1 is 1.43 bits per heavy atom. The van der Waals surface area contributed by atoms with Crippen LogP contribution in [0.25, 0.3) is 0 Å². The summed E-state index contributed by atoms with van der Waals surface area (Å²) in [7, 11) is 0. The molecule has 84 valence electrons. The van der Waals surface area contributed by atoms with Gasteiger partial charge in [0.2, 0.25) is 5.91 Å². The van der Waals surface area contributed by atoms with Gasteiger partial charge in [-0.15, -0.1) is 11.8 Å². The third-order valence-corrected chi connectivity index (χ3v) is 2.15. The summed E-state index contributed by atoms with van der Waals surface area (Å²) in [6.07, 6.45) is -3.81. The quantitative estimate of drug-likeness (QED) is 0.664. The van der Waals surface area contributed by atoms with Crippen LogP contribution in [0.3, 0.4) is 0 Å². The van der Waals surface area contributed by atoms with Crippen LogP contribution in [0.4, 0.5) is 13.2 Å². The second-order valence-electron chi connectivity index (χ2n) is 2.54. The average molecular weight is 231 g/mol. The Labute approximate surface area is 84.1 Å². The lowest BCUT2D eigenvalue weighted by atomic mass is 10.4. The molecule has 0 unspecified atom stereocenters. The third kappa shape index (κ3) is 9.66. The number of aliphatic hydroxyl groups is 1. The molecule has 2 N–H and O–H groups in total. The summed E-state index contributed by atoms with van der Waals surface area (Å²) in [6.45, 7) is 0.248. The van der Waals surface area contributed by atoms with Crippen molar-refractivity contribution in [3.63, 3.8) is 0 Å². The maximum atomic E-state index is 11.6. The van der Waals surface area contributed by atoms with Crippen LogP contribution in [-0.4, -0.2) is 41.8 Å². The maximum Gasteiger partial charge on any atom is 0.397 e. The highest BCUT2D eigenvalue weighted by Gasteiger charge is 2.27. The fraction of sp³-hybridized carbons (Fsp3) is 0.857. The first kappa shape index (κ1) is 13.6. The summed E-state index contributed by atoms with van der Waals surface area (Å²) in [5.74, 6) is -1.65. The van der Waals surface area contributed by atoms with Crippen LogP contribution in [-0.2, 0) is 4.79 Å². The SMILES string of the molecule is O=C(CSCC(F)(F)F)NCCCO. The van der Waals surface area contributed by atoms with E-state index in [1.807, 2.05) is 0 Å². The van der Waals surface area contributed by atoms with Gasteiger partial charge in [-0.3, -0.25) is 4.79 Å². The molecular formula is C7H12F3NO2S. The van der Waals surface area contributed by atoms with Gasteiger partial charge in [0.05, 0.1) is 11.5 Å². The maximum absolute atomic E-state index is 11.6. The minimum absolute atomic E-state index is 0.0457. The summed E-state index contributed by atoms with van der Waals surface area (Å²) in [4.78, 5) is 10.8. The predicted octanol–water partition coefficient (Wildman–Crippen LogP) is 0.780. The number of halogens is 3. The minimum atomic E-state index is -4.23. The molecule has 3 nitrogen and oxygen atoms in total. The Balaban J connectivity index is 3.36. The molecule has 0 aromatic rings. The van der Waals surface area contributed by atoms with Crippen molar-refractivity contribution in [2.24, 2.45) is 0 Å². The molecule has 0 heterocycles. The minimum Gasteiger partial charge on any atom is -0.396 e. The fourth-order valence-electron chi connectivity index (χ4n) is 0.617. The molecule has 0 atom stereocenters. The van der Waals surface area contributed by atoms with Crippen molar-refractivity contribution in [1.29, 1.82) is 0 Å². The number of hydrogen-bond donors (Lipinski definition) is 2. The summed E-state index contributed by atoms with van der Waals surface area (Å²) in [5.41, 5.74) is 0. The number of alkyl halides is 3. The zero-order chi connectivity index (χ0) is 11.0. The van der Waals surface area contributed by atoms with E-state index in [4.69, 9.17) is 5.11 Å². The molecule has 7 heteroatoms. The van der Waals surface area contributed by atoms with Crippen molar-refractivity contribution < 1.29 is 23.1 Å². The van der Waals surface area contributed by atoms with Crippen molar-refractivity contribution in [2.45, 2.75) is 12.6 Å². The van der Waals surface area contributed by atoms with E-state index >= 15 is 0 Å². The predicted molar refractivity (Wildman–Crippen MR) is 48.1 cm³/mol. The molecule has 0 aliphatic heterocycles. The van der Waals surface area contributed by atoms with Gasteiger partial charge in [0.1, 0.15) is 0 Å². The van der Waals surface area contributed by atoms with E-state index in [0.717, 1.165) is 0 Å². The van der Waals surface area contributed by atoms with E-state index < -0.39 is 17.8 Å². The first-order chi connectivity index (χ1) is 6.45. The van der Waals surface area contributed by atoms with Crippen molar-refractivity contribution in [3.05, 3.63) is 0 Å². The normalized spacial score (nSPS) is 11.4. The van der Waals surface area contributed by atoms with Gasteiger partial charge in [0.15, 0.2) is 0 Å². The highest BCUT2D eigenvalue weighted by Crippen LogP contribution is 2.20. The van der Waals surface area contributed by atoms with Gasteiger partial charge in [-0.05, 0) is 6.42 Å². The Bertz CT molecular complexity index is 175. The largest absolute Gasteiger partial charge is 0.397 e. The van der Waals surface area contributed by atoms with Gasteiger partial charge >= 0.3 is 6.18 Å². The molecule has 0 saturated carbocycles. The first-order valence-corrected chi connectivity index (χ1v) is 5.13. The second-order valence-corrected chi connectivity index (χ2v) is 3.52. The lowest BCUT2D eigenvalue weighted by Gasteiger charge is -2.06. The van der Waals surface area contributed by atoms with E-state index in [1.54, 1.807) is 0 Å². The topological polar surface area (TPSA) is 49.3 Å². The van der Waals surface area contributed by atoms with Crippen LogP contribution in [0.15, 0.2) is 0 Å². The van der Waals surface area contributed by atoms with E-state index in [9.17, 15) is 18.0 Å². The standard InChI is InChI=1S/C7H12F3NO2S/c8-7(9,10)5-14-4-6(13)11-2-1-3-12/h12H,1-5H2,(H,11,13). The first-order valence-electron chi connectivity index (χ1n) is 3.98. The Morgan fingerprint density at radius 2 is 2.07 bits per heavy atom. The van der Waals surface area contributed by atoms with Gasteiger partial charge in [0, 0.05) is 13.2 Å². The van der Waals surface area contributed by atoms with Crippen LogP contribution in [0, 0.1) is 0 Å². The third-order valence-electron chi connectivity index (χ3n) is 1.16. The molecule has 14 heavy (non-hydrogen) atoms. The molecule has 1 amide bonds. The Hall–Kier alpha value is -0.430. The fourth-order valence-corrected chi connectivity index (χ4v) is 1.24. The van der Waals surface area contributed by atoms with Crippen LogP contribution in [0.5, 0.6) is 0 Å². The lowest BCUT2D eigenvalue weighted by molar-refractivity contribution is -0.118. The number of hydrogen-bond acceptors (Lipinski definition) is 3. The van der Waals surface area contributed by atoms with Crippen molar-refractivity contribution in [1.82, 2.24) is 5.32 Å². The van der Waals surface area contributed by atoms with E-state index in [1.165, 1.54) is 0 Å². The number of carbonyl (C=O) groups is 1. The lowest BCUT2D eigenvalue weighted by Crippen LogP contribution is -2.27. The molecule has 0 aliphatic rings. The van der Waals surface area contributed by atoms with Crippen molar-refractivity contribution in [2.75, 3.05) is 24.7 Å². The molecule has 0 radical (unpaired) electrons. The molecule has 0 saturated heterocycles. The molecular weight excluding hydrogens is 219 g/mol. The number of nitrogens with one attached hydrogen (secondary N) is 1. The Kier molecular flexibility index (Phi) is 6.73. The van der Waals surface area contributed by atoms with Gasteiger partial charge in [-0.25, -0.2) is 0 Å². The summed E-state index contributed by atoms with van der Waals surface area (Å²) in [6, 6.07) is 0. The van der Waals surface area contributed by atoms with Crippen LogP contribution >= 0.6 is 11.8 Å². The number of amides is 1. The van der Waals surface area contributed by atoms with Gasteiger partial charge in [-0.1, -0.05) is 0 Å². The second kappa shape index (κ2) is 6.94. The summed E-state index contributed by atoms with van der Waals surface area (Å²) < 4.78 is 34.9. The van der Waals surface area contributed by atoms with Crippen molar-refractivity contribution in [3.8, 4) is 0 Å². The Morgan fingerprint density at radius 3 is 2.57 bits per heavy atom. The van der Waals surface area contributed by atoms with Gasteiger partial charge < -0.3 is 10.4 Å². The summed E-state index contributed by atoms with van der Waals surface area (Å²) >= 11 is 0.527. The number of carbonyl (C=O) groups excluding carboxylic acids is 1. The van der Waals surface area contributed by atoms with E-state index in [-0.39, 0.29) is 12.4 Å². The van der Waals surface area contributed by atoms with E-state index in [0.29, 0.717) is 24.7 Å². The van der Waals surface area contributed by atoms with Crippen molar-refractivity contribution >= 4 is 17.7 Å². The van der Waals surface area contributed by atoms with Gasteiger partial charge in [-0.2, -0.15) is 13.2 Å². The average Bonchev–Trinajstić information content (AvgIpc) is 2.02. The zero-order valence-corrected chi connectivity index (χ0v) is 8.25. The van der Waals surface area contributed by atoms with Crippen LogP contribution in [0.2, 0.25) is 0 Å². The highest BCUT2D eigenvalue weighted by atomic mass is 32.2. The highest BCUT2D eigenvalue weighted by molar-refractivity contribution is 8.00. The molecule has 0 bridgehead atoms. The molecule has 0 fully saturated rings. The molecule has 0 rings (SSSR count). The van der Waals surface area contributed by atoms with Crippen LogP contribution < -0.4 is 5.32 Å². The molecule has 0 aliphatic carbocycles. The van der Waals surface area contributed by atoms with E-state index in [2.05, 4.69) is 5.32 Å². The number of rotatable bonds is 6. The zero-order valence-electron chi connectivity index (χ0n) is 7.43. The number of aliphatic hydroxyl groups excluding tert-OH is 1.